The topological polar surface area (TPSA) is 57.7 Å². The maximum atomic E-state index is 13.2. The molecule has 166 valence electrons. The van der Waals surface area contributed by atoms with Gasteiger partial charge < -0.3 is 4.90 Å². The number of anilines is 1. The predicted octanol–water partition coefficient (Wildman–Crippen LogP) is 4.69. The first-order valence-electron chi connectivity index (χ1n) is 10.4. The van der Waals surface area contributed by atoms with Crippen LogP contribution in [0.2, 0.25) is 0 Å². The van der Waals surface area contributed by atoms with Gasteiger partial charge in [0, 0.05) is 25.7 Å². The molecular weight excluding hydrogens is 420 g/mol. The lowest BCUT2D eigenvalue weighted by Crippen LogP contribution is -2.33. The van der Waals surface area contributed by atoms with Gasteiger partial charge in [0.25, 0.3) is 15.9 Å². The van der Waals surface area contributed by atoms with E-state index in [0.29, 0.717) is 30.8 Å². The molecule has 1 amide bonds. The Morgan fingerprint density at radius 2 is 1.66 bits per heavy atom. The normalized spacial score (nSPS) is 11.1. The maximum Gasteiger partial charge on any atom is 0.264 e. The molecule has 0 radical (unpaired) electrons. The van der Waals surface area contributed by atoms with Gasteiger partial charge in [0.05, 0.1) is 10.6 Å². The highest BCUT2D eigenvalue weighted by Gasteiger charge is 2.23. The van der Waals surface area contributed by atoms with Gasteiger partial charge in [0.1, 0.15) is 0 Å². The summed E-state index contributed by atoms with van der Waals surface area (Å²) in [7, 11) is -2.30. The minimum Gasteiger partial charge on any atom is -0.335 e. The molecule has 32 heavy (non-hydrogen) atoms. The Morgan fingerprint density at radius 3 is 2.31 bits per heavy atom. The molecule has 0 N–H and O–H groups in total. The first-order chi connectivity index (χ1) is 15.3. The predicted molar refractivity (Wildman–Crippen MR) is 129 cm³/mol. The standard InChI is InChI=1S/C26H28N2O3S/c1-4-18-28(19-17-22-9-6-5-7-10-22)26(29)23-11-8-12-25(20-23)32(30,31)27(3)24-15-13-21(2)14-16-24/h4-16,20H,1,17-19H2,2-3H3. The van der Waals surface area contributed by atoms with Crippen molar-refractivity contribution >= 4 is 21.6 Å². The molecule has 0 aromatic heterocycles. The zero-order chi connectivity index (χ0) is 23.1. The molecule has 0 unspecified atom stereocenters. The van der Waals surface area contributed by atoms with E-state index in [0.717, 1.165) is 11.1 Å². The molecule has 3 aromatic carbocycles. The number of sulfonamides is 1. The van der Waals surface area contributed by atoms with Crippen LogP contribution in [0.5, 0.6) is 0 Å². The molecule has 0 atom stereocenters. The highest BCUT2D eigenvalue weighted by molar-refractivity contribution is 7.92. The van der Waals surface area contributed by atoms with Gasteiger partial charge in [-0.1, -0.05) is 60.2 Å². The van der Waals surface area contributed by atoms with Crippen molar-refractivity contribution in [1.82, 2.24) is 4.90 Å². The summed E-state index contributed by atoms with van der Waals surface area (Å²) >= 11 is 0. The van der Waals surface area contributed by atoms with E-state index in [-0.39, 0.29) is 10.8 Å². The monoisotopic (exact) mass is 448 g/mol. The minimum absolute atomic E-state index is 0.0769. The van der Waals surface area contributed by atoms with Crippen LogP contribution in [0.3, 0.4) is 0 Å². The van der Waals surface area contributed by atoms with Crippen molar-refractivity contribution in [3.8, 4) is 0 Å². The number of hydrogen-bond donors (Lipinski definition) is 0. The number of amides is 1. The number of rotatable bonds is 9. The Kier molecular flexibility index (Phi) is 7.49. The number of benzene rings is 3. The molecule has 0 saturated heterocycles. The molecule has 0 saturated carbocycles. The second-order valence-corrected chi connectivity index (χ2v) is 9.58. The van der Waals surface area contributed by atoms with E-state index < -0.39 is 10.0 Å². The molecule has 0 bridgehead atoms. The Hall–Kier alpha value is -3.38. The molecule has 5 nitrogen and oxygen atoms in total. The average molecular weight is 449 g/mol. The van der Waals surface area contributed by atoms with E-state index in [1.807, 2.05) is 49.4 Å². The summed E-state index contributed by atoms with van der Waals surface area (Å²) in [4.78, 5) is 14.9. The largest absolute Gasteiger partial charge is 0.335 e. The van der Waals surface area contributed by atoms with Crippen molar-refractivity contribution < 1.29 is 13.2 Å². The van der Waals surface area contributed by atoms with E-state index in [4.69, 9.17) is 0 Å². The second-order valence-electron chi connectivity index (χ2n) is 7.61. The summed E-state index contributed by atoms with van der Waals surface area (Å²) in [6, 6.07) is 23.4. The fourth-order valence-electron chi connectivity index (χ4n) is 3.36. The van der Waals surface area contributed by atoms with Gasteiger partial charge in [-0.3, -0.25) is 9.10 Å². The summed E-state index contributed by atoms with van der Waals surface area (Å²) in [5, 5.41) is 0. The first-order valence-corrected chi connectivity index (χ1v) is 11.9. The van der Waals surface area contributed by atoms with Gasteiger partial charge in [-0.05, 0) is 49.2 Å². The van der Waals surface area contributed by atoms with Crippen LogP contribution in [-0.4, -0.2) is 39.4 Å². The smallest absolute Gasteiger partial charge is 0.264 e. The van der Waals surface area contributed by atoms with Crippen molar-refractivity contribution in [2.24, 2.45) is 0 Å². The van der Waals surface area contributed by atoms with Crippen LogP contribution in [0.4, 0.5) is 5.69 Å². The molecule has 6 heteroatoms. The zero-order valence-electron chi connectivity index (χ0n) is 18.4. The molecule has 0 fully saturated rings. The quantitative estimate of drug-likeness (QED) is 0.446. The van der Waals surface area contributed by atoms with E-state index in [9.17, 15) is 13.2 Å². The number of aryl methyl sites for hydroxylation is 1. The second kappa shape index (κ2) is 10.3. The Bertz CT molecular complexity index is 1170. The third-order valence-electron chi connectivity index (χ3n) is 5.29. The number of nitrogens with zero attached hydrogens (tertiary/aromatic N) is 2. The van der Waals surface area contributed by atoms with Crippen LogP contribution in [0.1, 0.15) is 21.5 Å². The summed E-state index contributed by atoms with van der Waals surface area (Å²) in [6.07, 6.45) is 2.38. The molecule has 0 aliphatic carbocycles. The van der Waals surface area contributed by atoms with Crippen LogP contribution in [0, 0.1) is 6.92 Å². The lowest BCUT2D eigenvalue weighted by molar-refractivity contribution is 0.0775. The number of hydrogen-bond acceptors (Lipinski definition) is 3. The molecule has 0 aliphatic heterocycles. The van der Waals surface area contributed by atoms with Crippen molar-refractivity contribution in [2.75, 3.05) is 24.4 Å². The number of carbonyl (C=O) groups excluding carboxylic acids is 1. The Morgan fingerprint density at radius 1 is 0.969 bits per heavy atom. The van der Waals surface area contributed by atoms with E-state index >= 15 is 0 Å². The van der Waals surface area contributed by atoms with Crippen LogP contribution in [0.25, 0.3) is 0 Å². The molecule has 0 heterocycles. The summed E-state index contributed by atoms with van der Waals surface area (Å²) < 4.78 is 27.6. The third-order valence-corrected chi connectivity index (χ3v) is 7.07. The third kappa shape index (κ3) is 5.45. The SMILES string of the molecule is C=CCN(CCc1ccccc1)C(=O)c1cccc(S(=O)(=O)N(C)c2ccc(C)cc2)c1. The van der Waals surface area contributed by atoms with Gasteiger partial charge in [-0.15, -0.1) is 6.58 Å². The highest BCUT2D eigenvalue weighted by atomic mass is 32.2. The van der Waals surface area contributed by atoms with Gasteiger partial charge in [0.2, 0.25) is 0 Å². The summed E-state index contributed by atoms with van der Waals surface area (Å²) in [5.41, 5.74) is 3.07. The molecule has 3 aromatic rings. The fourth-order valence-corrected chi connectivity index (χ4v) is 4.61. The van der Waals surface area contributed by atoms with E-state index in [1.165, 1.54) is 23.5 Å². The van der Waals surface area contributed by atoms with Gasteiger partial charge in [0.15, 0.2) is 0 Å². The Balaban J connectivity index is 1.83. The van der Waals surface area contributed by atoms with Crippen LogP contribution >= 0.6 is 0 Å². The number of carbonyl (C=O) groups is 1. The van der Waals surface area contributed by atoms with E-state index in [2.05, 4.69) is 6.58 Å². The first kappa shape index (κ1) is 23.3. The van der Waals surface area contributed by atoms with Gasteiger partial charge in [-0.2, -0.15) is 0 Å². The van der Waals surface area contributed by atoms with Crippen LogP contribution in [-0.2, 0) is 16.4 Å². The molecule has 0 spiro atoms. The fraction of sp³-hybridized carbons (Fsp3) is 0.192. The average Bonchev–Trinajstić information content (AvgIpc) is 2.82. The van der Waals surface area contributed by atoms with Gasteiger partial charge >= 0.3 is 0 Å². The van der Waals surface area contributed by atoms with E-state index in [1.54, 1.807) is 35.2 Å². The summed E-state index contributed by atoms with van der Waals surface area (Å²) in [6.45, 7) is 6.59. The Labute approximate surface area is 190 Å². The molecule has 0 aliphatic rings. The van der Waals surface area contributed by atoms with Crippen molar-refractivity contribution in [1.29, 1.82) is 0 Å². The van der Waals surface area contributed by atoms with Crippen molar-refractivity contribution in [2.45, 2.75) is 18.2 Å². The lowest BCUT2D eigenvalue weighted by atomic mass is 10.1. The molecule has 3 rings (SSSR count). The molecular formula is C26H28N2O3S. The van der Waals surface area contributed by atoms with Crippen molar-refractivity contribution in [3.05, 3.63) is 108 Å². The lowest BCUT2D eigenvalue weighted by Gasteiger charge is -2.23. The highest BCUT2D eigenvalue weighted by Crippen LogP contribution is 2.23. The zero-order valence-corrected chi connectivity index (χ0v) is 19.3. The minimum atomic E-state index is -3.81. The van der Waals surface area contributed by atoms with Crippen LogP contribution < -0.4 is 4.31 Å². The van der Waals surface area contributed by atoms with Gasteiger partial charge in [-0.25, -0.2) is 8.42 Å². The van der Waals surface area contributed by atoms with Crippen molar-refractivity contribution in [3.63, 3.8) is 0 Å². The summed E-state index contributed by atoms with van der Waals surface area (Å²) in [5.74, 6) is -0.226. The van der Waals surface area contributed by atoms with Crippen LogP contribution in [0.15, 0.2) is 96.4 Å². The maximum absolute atomic E-state index is 13.2.